The van der Waals surface area contributed by atoms with Crippen molar-refractivity contribution in [2.24, 2.45) is 0 Å². The molecule has 0 aliphatic heterocycles. The molecule has 100 valence electrons. The quantitative estimate of drug-likeness (QED) is 0.798. The van der Waals surface area contributed by atoms with Crippen LogP contribution in [0.5, 0.6) is 0 Å². The number of hydrogen-bond acceptors (Lipinski definition) is 2. The smallest absolute Gasteiger partial charge is 0.254 e. The van der Waals surface area contributed by atoms with Crippen LogP contribution < -0.4 is 4.90 Å². The van der Waals surface area contributed by atoms with Gasteiger partial charge in [-0.15, -0.1) is 0 Å². The van der Waals surface area contributed by atoms with Crippen LogP contribution >= 0.6 is 15.9 Å². The molecule has 0 radical (unpaired) electrons. The van der Waals surface area contributed by atoms with Crippen molar-refractivity contribution in [3.63, 3.8) is 0 Å². The number of amides is 1. The van der Waals surface area contributed by atoms with Gasteiger partial charge in [0, 0.05) is 43.3 Å². The van der Waals surface area contributed by atoms with E-state index < -0.39 is 0 Å². The molecule has 0 spiro atoms. The third-order valence-corrected chi connectivity index (χ3v) is 4.52. The maximum atomic E-state index is 12.4. The van der Waals surface area contributed by atoms with Gasteiger partial charge < -0.3 is 9.80 Å². The van der Waals surface area contributed by atoms with Gasteiger partial charge in [-0.1, -0.05) is 22.0 Å². The lowest BCUT2D eigenvalue weighted by Crippen LogP contribution is -2.46. The number of hydrogen-bond donors (Lipinski definition) is 0. The van der Waals surface area contributed by atoms with E-state index in [9.17, 15) is 4.79 Å². The Bertz CT molecular complexity index is 430. The lowest BCUT2D eigenvalue weighted by Gasteiger charge is -2.34. The van der Waals surface area contributed by atoms with Gasteiger partial charge >= 0.3 is 0 Å². The highest BCUT2D eigenvalue weighted by Gasteiger charge is 2.27. The van der Waals surface area contributed by atoms with Crippen LogP contribution in [0.2, 0.25) is 0 Å². The number of carbonyl (C=O) groups excluding carboxylic acids is 1. The molecule has 0 saturated carbocycles. The molecule has 0 bridgehead atoms. The molecule has 1 rings (SSSR count). The first-order valence-electron chi connectivity index (χ1n) is 5.91. The minimum absolute atomic E-state index is 0.0446. The molecule has 0 aliphatic rings. The second kappa shape index (κ2) is 5.74. The van der Waals surface area contributed by atoms with Crippen molar-refractivity contribution in [3.8, 4) is 0 Å². The highest BCUT2D eigenvalue weighted by molar-refractivity contribution is 9.09. The van der Waals surface area contributed by atoms with E-state index >= 15 is 0 Å². The summed E-state index contributed by atoms with van der Waals surface area (Å²) in [5, 5.41) is 0.746. The van der Waals surface area contributed by atoms with Gasteiger partial charge in [0.1, 0.15) is 0 Å². The maximum absolute atomic E-state index is 12.4. The van der Waals surface area contributed by atoms with Crippen LogP contribution in [-0.4, -0.2) is 42.8 Å². The zero-order chi connectivity index (χ0) is 13.9. The number of rotatable bonds is 4. The van der Waals surface area contributed by atoms with Crippen LogP contribution in [0.3, 0.4) is 0 Å². The first kappa shape index (κ1) is 15.0. The van der Waals surface area contributed by atoms with Gasteiger partial charge in [-0.3, -0.25) is 4.79 Å². The second-order valence-electron chi connectivity index (χ2n) is 5.25. The Labute approximate surface area is 118 Å². The summed E-state index contributed by atoms with van der Waals surface area (Å²) in [5.74, 6) is 0.0446. The average molecular weight is 313 g/mol. The summed E-state index contributed by atoms with van der Waals surface area (Å²) in [6.07, 6.45) is 0. The van der Waals surface area contributed by atoms with Crippen LogP contribution in [0.4, 0.5) is 5.69 Å². The number of anilines is 1. The predicted octanol–water partition coefficient (Wildman–Crippen LogP) is 3.00. The number of halogens is 1. The van der Waals surface area contributed by atoms with Crippen LogP contribution in [0, 0.1) is 0 Å². The fourth-order valence-corrected chi connectivity index (χ4v) is 1.85. The summed E-state index contributed by atoms with van der Waals surface area (Å²) in [5.41, 5.74) is 1.55. The molecular weight excluding hydrogens is 292 g/mol. The molecule has 0 fully saturated rings. The molecule has 1 aromatic carbocycles. The van der Waals surface area contributed by atoms with Crippen molar-refractivity contribution < 1.29 is 4.79 Å². The number of nitrogens with zero attached hydrogens (tertiary/aromatic N) is 2. The van der Waals surface area contributed by atoms with Crippen molar-refractivity contribution in [2.75, 3.05) is 31.4 Å². The minimum Gasteiger partial charge on any atom is -0.378 e. The molecule has 0 heterocycles. The Morgan fingerprint density at radius 1 is 1.28 bits per heavy atom. The van der Waals surface area contributed by atoms with E-state index in [0.717, 1.165) is 16.6 Å². The van der Waals surface area contributed by atoms with Gasteiger partial charge in [-0.05, 0) is 32.0 Å². The molecule has 1 aromatic rings. The van der Waals surface area contributed by atoms with Crippen molar-refractivity contribution in [3.05, 3.63) is 29.8 Å². The summed E-state index contributed by atoms with van der Waals surface area (Å²) < 4.78 is 0. The Morgan fingerprint density at radius 2 is 1.89 bits per heavy atom. The van der Waals surface area contributed by atoms with E-state index in [0.29, 0.717) is 0 Å². The summed E-state index contributed by atoms with van der Waals surface area (Å²) in [4.78, 5) is 16.2. The maximum Gasteiger partial charge on any atom is 0.254 e. The number of carbonyl (C=O) groups is 1. The van der Waals surface area contributed by atoms with E-state index in [1.165, 1.54) is 0 Å². The molecule has 0 aromatic heterocycles. The molecule has 0 aliphatic carbocycles. The van der Waals surface area contributed by atoms with Crippen molar-refractivity contribution in [2.45, 2.75) is 19.4 Å². The zero-order valence-electron chi connectivity index (χ0n) is 11.7. The van der Waals surface area contributed by atoms with Crippen LogP contribution in [-0.2, 0) is 0 Å². The minimum atomic E-state index is -0.203. The van der Waals surface area contributed by atoms with Crippen LogP contribution in [0.25, 0.3) is 0 Å². The van der Waals surface area contributed by atoms with E-state index in [-0.39, 0.29) is 11.4 Å². The van der Waals surface area contributed by atoms with Crippen molar-refractivity contribution in [1.29, 1.82) is 0 Å². The largest absolute Gasteiger partial charge is 0.378 e. The standard InChI is InChI=1S/C14H21BrN2O/c1-14(2,10-15)17(5)13(18)11-7-6-8-12(9-11)16(3)4/h6-9H,10H2,1-5H3. The highest BCUT2D eigenvalue weighted by Crippen LogP contribution is 2.20. The number of benzene rings is 1. The lowest BCUT2D eigenvalue weighted by atomic mass is 10.0. The monoisotopic (exact) mass is 312 g/mol. The molecular formula is C14H21BrN2O. The van der Waals surface area contributed by atoms with Gasteiger partial charge in [0.2, 0.25) is 0 Å². The van der Waals surface area contributed by atoms with E-state index in [2.05, 4.69) is 15.9 Å². The molecule has 0 N–H and O–H groups in total. The Hall–Kier alpha value is -1.03. The van der Waals surface area contributed by atoms with Gasteiger partial charge in [-0.2, -0.15) is 0 Å². The molecule has 18 heavy (non-hydrogen) atoms. The third-order valence-electron chi connectivity index (χ3n) is 3.15. The van der Waals surface area contributed by atoms with E-state index in [4.69, 9.17) is 0 Å². The first-order chi connectivity index (χ1) is 8.29. The molecule has 0 unspecified atom stereocenters. The fourth-order valence-electron chi connectivity index (χ4n) is 1.48. The van der Waals surface area contributed by atoms with Crippen molar-refractivity contribution >= 4 is 27.5 Å². The van der Waals surface area contributed by atoms with Gasteiger partial charge in [0.15, 0.2) is 0 Å². The SMILES string of the molecule is CN(C)c1cccc(C(=O)N(C)C(C)(C)CBr)c1. The van der Waals surface area contributed by atoms with Gasteiger partial charge in [0.05, 0.1) is 0 Å². The van der Waals surface area contributed by atoms with Crippen LogP contribution in [0.1, 0.15) is 24.2 Å². The molecule has 1 amide bonds. The zero-order valence-corrected chi connectivity index (χ0v) is 13.3. The molecule has 0 saturated heterocycles. The summed E-state index contributed by atoms with van der Waals surface area (Å²) in [7, 11) is 5.78. The molecule has 0 atom stereocenters. The van der Waals surface area contributed by atoms with Gasteiger partial charge in [-0.25, -0.2) is 0 Å². The van der Waals surface area contributed by atoms with Crippen LogP contribution in [0.15, 0.2) is 24.3 Å². The Kier molecular flexibility index (Phi) is 4.79. The lowest BCUT2D eigenvalue weighted by molar-refractivity contribution is 0.0663. The van der Waals surface area contributed by atoms with Crippen molar-refractivity contribution in [1.82, 2.24) is 4.90 Å². The predicted molar refractivity (Wildman–Crippen MR) is 80.7 cm³/mol. The topological polar surface area (TPSA) is 23.6 Å². The molecule has 3 nitrogen and oxygen atoms in total. The Morgan fingerprint density at radius 3 is 2.39 bits per heavy atom. The second-order valence-corrected chi connectivity index (χ2v) is 5.82. The van der Waals surface area contributed by atoms with Gasteiger partial charge in [0.25, 0.3) is 5.91 Å². The number of alkyl halides is 1. The Balaban J connectivity index is 3.01. The first-order valence-corrected chi connectivity index (χ1v) is 7.03. The fraction of sp³-hybridized carbons (Fsp3) is 0.500. The summed E-state index contributed by atoms with van der Waals surface area (Å²) >= 11 is 3.45. The third kappa shape index (κ3) is 3.25. The average Bonchev–Trinajstić information content (AvgIpc) is 2.37. The summed E-state index contributed by atoms with van der Waals surface area (Å²) in [6.45, 7) is 4.07. The normalized spacial score (nSPS) is 11.2. The summed E-state index contributed by atoms with van der Waals surface area (Å²) in [6, 6.07) is 7.68. The van der Waals surface area contributed by atoms with E-state index in [1.54, 1.807) is 4.90 Å². The molecule has 4 heteroatoms. The highest BCUT2D eigenvalue weighted by atomic mass is 79.9. The van der Waals surface area contributed by atoms with E-state index in [1.807, 2.05) is 64.2 Å².